The summed E-state index contributed by atoms with van der Waals surface area (Å²) in [6.07, 6.45) is -10.2. The smallest absolute Gasteiger partial charge is 0.393 e. The van der Waals surface area contributed by atoms with E-state index in [9.17, 15) is 36.2 Å². The van der Waals surface area contributed by atoms with Crippen molar-refractivity contribution in [3.8, 4) is 11.1 Å². The Kier molecular flexibility index (Phi) is 5.27. The molecule has 0 bridgehead atoms. The van der Waals surface area contributed by atoms with Crippen LogP contribution in [0.2, 0.25) is 0 Å². The summed E-state index contributed by atoms with van der Waals surface area (Å²) in [4.78, 5) is 11.7. The zero-order chi connectivity index (χ0) is 20.7. The zero-order valence-corrected chi connectivity index (χ0v) is 14.4. The maximum atomic E-state index is 13.4. The van der Waals surface area contributed by atoms with Crippen LogP contribution in [0, 0.1) is 0 Å². The molecular weight excluding hydrogens is 386 g/mol. The van der Waals surface area contributed by atoms with Crippen molar-refractivity contribution in [2.75, 3.05) is 0 Å². The van der Waals surface area contributed by atoms with Crippen LogP contribution in [0.15, 0.2) is 42.5 Å². The van der Waals surface area contributed by atoms with Crippen LogP contribution in [0.3, 0.4) is 0 Å². The van der Waals surface area contributed by atoms with Crippen molar-refractivity contribution in [2.45, 2.75) is 43.6 Å². The molecule has 0 aromatic heterocycles. The zero-order valence-electron chi connectivity index (χ0n) is 14.4. The number of ketones is 1. The molecule has 1 N–H and O–H groups in total. The van der Waals surface area contributed by atoms with Crippen molar-refractivity contribution in [2.24, 2.45) is 0 Å². The van der Waals surface area contributed by atoms with Crippen molar-refractivity contribution < 1.29 is 36.2 Å². The van der Waals surface area contributed by atoms with Gasteiger partial charge in [-0.3, -0.25) is 4.79 Å². The summed E-state index contributed by atoms with van der Waals surface area (Å²) in [6, 6.07) is 7.11. The van der Waals surface area contributed by atoms with Crippen LogP contribution >= 0.6 is 0 Å². The number of alkyl halides is 6. The molecule has 0 saturated heterocycles. The molecule has 2 nitrogen and oxygen atoms in total. The van der Waals surface area contributed by atoms with E-state index in [1.807, 2.05) is 0 Å². The van der Waals surface area contributed by atoms with Gasteiger partial charge >= 0.3 is 12.4 Å². The summed E-state index contributed by atoms with van der Waals surface area (Å²) >= 11 is 0. The summed E-state index contributed by atoms with van der Waals surface area (Å²) in [6.45, 7) is 0. The Morgan fingerprint density at radius 2 is 1.46 bits per heavy atom. The number of hydrogen-bond donors (Lipinski definition) is 1. The Balaban J connectivity index is 2.10. The van der Waals surface area contributed by atoms with Gasteiger partial charge in [-0.15, -0.1) is 0 Å². The van der Waals surface area contributed by atoms with Crippen molar-refractivity contribution in [3.63, 3.8) is 0 Å². The molecule has 2 aromatic rings. The number of aliphatic hydroxyl groups is 1. The Bertz CT molecular complexity index is 885. The number of aliphatic hydroxyl groups excluding tert-OH is 1. The molecule has 0 heterocycles. The molecule has 1 saturated carbocycles. The van der Waals surface area contributed by atoms with E-state index in [0.29, 0.717) is 0 Å². The van der Waals surface area contributed by atoms with Gasteiger partial charge in [-0.25, -0.2) is 0 Å². The lowest BCUT2D eigenvalue weighted by atomic mass is 9.80. The maximum absolute atomic E-state index is 13.4. The minimum absolute atomic E-state index is 0.00939. The van der Waals surface area contributed by atoms with E-state index in [2.05, 4.69) is 0 Å². The lowest BCUT2D eigenvalue weighted by Crippen LogP contribution is -2.25. The molecule has 2 unspecified atom stereocenters. The highest BCUT2D eigenvalue weighted by molar-refractivity contribution is 5.81. The summed E-state index contributed by atoms with van der Waals surface area (Å²) < 4.78 is 79.0. The lowest BCUT2D eigenvalue weighted by Gasteiger charge is -2.26. The Morgan fingerprint density at radius 3 is 2.07 bits per heavy atom. The molecule has 28 heavy (non-hydrogen) atoms. The molecule has 150 valence electrons. The number of carbonyl (C=O) groups is 1. The SMILES string of the molecule is O=C1CC(O)CC(c2cc(-c3cccc(C(F)(F)F)c3)cc(C(F)(F)F)c2)C1. The second kappa shape index (κ2) is 7.24. The Labute approximate surface area is 156 Å². The van der Waals surface area contributed by atoms with E-state index in [1.54, 1.807) is 0 Å². The number of rotatable bonds is 2. The third kappa shape index (κ3) is 4.55. The highest BCUT2D eigenvalue weighted by Gasteiger charge is 2.34. The normalized spacial score (nSPS) is 21.0. The Morgan fingerprint density at radius 1 is 0.821 bits per heavy atom. The molecule has 0 spiro atoms. The van der Waals surface area contributed by atoms with Crippen LogP contribution in [0.4, 0.5) is 26.3 Å². The van der Waals surface area contributed by atoms with Gasteiger partial charge < -0.3 is 5.11 Å². The van der Waals surface area contributed by atoms with Crippen LogP contribution in [-0.2, 0) is 17.1 Å². The van der Waals surface area contributed by atoms with E-state index in [1.165, 1.54) is 12.1 Å². The molecule has 8 heteroatoms. The maximum Gasteiger partial charge on any atom is 0.416 e. The molecule has 1 aliphatic rings. The lowest BCUT2D eigenvalue weighted by molar-refractivity contribution is -0.138. The average molecular weight is 402 g/mol. The summed E-state index contributed by atoms with van der Waals surface area (Å²) in [7, 11) is 0. The average Bonchev–Trinajstić information content (AvgIpc) is 2.59. The first kappa shape index (κ1) is 20.4. The number of benzene rings is 2. The fraction of sp³-hybridized carbons (Fsp3) is 0.350. The van der Waals surface area contributed by atoms with Gasteiger partial charge in [0.15, 0.2) is 0 Å². The third-order valence-corrected chi connectivity index (χ3v) is 4.77. The Hall–Kier alpha value is -2.35. The van der Waals surface area contributed by atoms with Gasteiger partial charge in [-0.05, 0) is 53.3 Å². The van der Waals surface area contributed by atoms with Crippen molar-refractivity contribution in [1.29, 1.82) is 0 Å². The molecule has 2 aromatic carbocycles. The van der Waals surface area contributed by atoms with Gasteiger partial charge in [0.2, 0.25) is 0 Å². The minimum atomic E-state index is -4.70. The predicted octanol–water partition coefficient (Wildman–Crippen LogP) is 5.59. The van der Waals surface area contributed by atoms with Crippen LogP contribution < -0.4 is 0 Å². The van der Waals surface area contributed by atoms with Gasteiger partial charge in [-0.1, -0.05) is 18.2 Å². The van der Waals surface area contributed by atoms with Crippen molar-refractivity contribution >= 4 is 5.78 Å². The van der Waals surface area contributed by atoms with E-state index in [4.69, 9.17) is 0 Å². The fourth-order valence-corrected chi connectivity index (χ4v) is 3.46. The number of halogens is 6. The first-order chi connectivity index (χ1) is 12.9. The van der Waals surface area contributed by atoms with Gasteiger partial charge in [0, 0.05) is 12.8 Å². The molecule has 0 amide bonds. The van der Waals surface area contributed by atoms with E-state index >= 15 is 0 Å². The monoisotopic (exact) mass is 402 g/mol. The van der Waals surface area contributed by atoms with Crippen molar-refractivity contribution in [3.05, 3.63) is 59.2 Å². The molecule has 3 rings (SSSR count). The number of Topliss-reactive ketones (excluding diaryl/α,β-unsaturated/α-hetero) is 1. The van der Waals surface area contributed by atoms with Crippen LogP contribution in [0.5, 0.6) is 0 Å². The topological polar surface area (TPSA) is 37.3 Å². The van der Waals surface area contributed by atoms with E-state index < -0.39 is 35.5 Å². The van der Waals surface area contributed by atoms with E-state index in [0.717, 1.165) is 30.3 Å². The summed E-state index contributed by atoms with van der Waals surface area (Å²) in [5.41, 5.74) is -1.83. The molecule has 1 aliphatic carbocycles. The predicted molar refractivity (Wildman–Crippen MR) is 89.5 cm³/mol. The van der Waals surface area contributed by atoms with Gasteiger partial charge in [0.25, 0.3) is 0 Å². The highest BCUT2D eigenvalue weighted by Crippen LogP contribution is 2.39. The number of carbonyl (C=O) groups excluding carboxylic acids is 1. The van der Waals surface area contributed by atoms with Gasteiger partial charge in [0.1, 0.15) is 5.78 Å². The van der Waals surface area contributed by atoms with Crippen LogP contribution in [0.25, 0.3) is 11.1 Å². The molecule has 0 radical (unpaired) electrons. The van der Waals surface area contributed by atoms with Crippen LogP contribution in [0.1, 0.15) is 41.9 Å². The second-order valence-electron chi connectivity index (χ2n) is 6.95. The first-order valence-electron chi connectivity index (χ1n) is 8.53. The quantitative estimate of drug-likeness (QED) is 0.665. The largest absolute Gasteiger partial charge is 0.416 e. The van der Waals surface area contributed by atoms with Gasteiger partial charge in [0.05, 0.1) is 17.2 Å². The second-order valence-corrected chi connectivity index (χ2v) is 6.95. The standard InChI is InChI=1S/C20H16F6O2/c21-19(22,23)15-3-1-2-11(5-15)12-4-13(7-16(6-12)20(24,25)26)14-8-17(27)10-18(28)9-14/h1-7,14,17,27H,8-10H2. The highest BCUT2D eigenvalue weighted by atomic mass is 19.4. The fourth-order valence-electron chi connectivity index (χ4n) is 3.46. The summed E-state index contributed by atoms with van der Waals surface area (Å²) in [5.74, 6) is -0.884. The summed E-state index contributed by atoms with van der Waals surface area (Å²) in [5, 5.41) is 9.78. The van der Waals surface area contributed by atoms with Gasteiger partial charge in [-0.2, -0.15) is 26.3 Å². The third-order valence-electron chi connectivity index (χ3n) is 4.77. The molecule has 0 aliphatic heterocycles. The molecule has 1 fully saturated rings. The number of hydrogen-bond acceptors (Lipinski definition) is 2. The minimum Gasteiger partial charge on any atom is -0.393 e. The molecule has 2 atom stereocenters. The van der Waals surface area contributed by atoms with E-state index in [-0.39, 0.29) is 41.7 Å². The molecular formula is C20H16F6O2. The van der Waals surface area contributed by atoms with Crippen LogP contribution in [-0.4, -0.2) is 17.0 Å². The van der Waals surface area contributed by atoms with Crippen molar-refractivity contribution in [1.82, 2.24) is 0 Å². The first-order valence-corrected chi connectivity index (χ1v) is 8.53.